The molecule has 1 aromatic heterocycles. The van der Waals surface area contributed by atoms with Crippen molar-refractivity contribution >= 4 is 11.9 Å². The van der Waals surface area contributed by atoms with E-state index in [2.05, 4.69) is 14.9 Å². The van der Waals surface area contributed by atoms with E-state index in [4.69, 9.17) is 18.9 Å². The number of aromatic nitrogens is 2. The van der Waals surface area contributed by atoms with E-state index in [9.17, 15) is 9.59 Å². The fraction of sp³-hybridized carbons (Fsp3) is 0.643. The molecule has 2 aliphatic rings. The molecule has 9 heteroatoms. The SMILES string of the molecule is COC(=O)c1n[nH]c([C@@H]2OC[C@H]3OC(C)(C)O[C@H]32)c1C(=O)OC. The number of nitrogens with one attached hydrogen (secondary N) is 1. The van der Waals surface area contributed by atoms with Crippen molar-refractivity contribution in [3.05, 3.63) is 17.0 Å². The van der Waals surface area contributed by atoms with Crippen molar-refractivity contribution in [3.63, 3.8) is 0 Å². The first-order chi connectivity index (χ1) is 10.9. The number of H-pyrrole nitrogens is 1. The van der Waals surface area contributed by atoms with Gasteiger partial charge < -0.3 is 23.7 Å². The zero-order valence-electron chi connectivity index (χ0n) is 13.2. The number of carbonyl (C=O) groups excluding carboxylic acids is 2. The van der Waals surface area contributed by atoms with Crippen LogP contribution in [0.3, 0.4) is 0 Å². The second-order valence-electron chi connectivity index (χ2n) is 5.74. The van der Waals surface area contributed by atoms with Gasteiger partial charge in [0, 0.05) is 0 Å². The predicted octanol–water partition coefficient (Wildman–Crippen LogP) is 0.574. The Hall–Kier alpha value is -1.97. The van der Waals surface area contributed by atoms with Crippen LogP contribution in [0, 0.1) is 0 Å². The molecule has 2 aliphatic heterocycles. The molecule has 23 heavy (non-hydrogen) atoms. The van der Waals surface area contributed by atoms with Crippen LogP contribution in [0.15, 0.2) is 0 Å². The van der Waals surface area contributed by atoms with Gasteiger partial charge in [-0.25, -0.2) is 9.59 Å². The second-order valence-corrected chi connectivity index (χ2v) is 5.74. The molecule has 3 rings (SSSR count). The van der Waals surface area contributed by atoms with Crippen molar-refractivity contribution in [2.24, 2.45) is 0 Å². The normalized spacial score (nSPS) is 28.4. The summed E-state index contributed by atoms with van der Waals surface area (Å²) in [4.78, 5) is 23.9. The van der Waals surface area contributed by atoms with E-state index >= 15 is 0 Å². The summed E-state index contributed by atoms with van der Waals surface area (Å²) in [5, 5.41) is 6.55. The van der Waals surface area contributed by atoms with Gasteiger partial charge in [-0.15, -0.1) is 0 Å². The van der Waals surface area contributed by atoms with E-state index in [1.54, 1.807) is 13.8 Å². The molecule has 0 bridgehead atoms. The average Bonchev–Trinajstić information content (AvgIpc) is 3.16. The predicted molar refractivity (Wildman–Crippen MR) is 73.8 cm³/mol. The molecule has 0 aromatic carbocycles. The zero-order valence-corrected chi connectivity index (χ0v) is 13.2. The Labute approximate surface area is 132 Å². The first-order valence-corrected chi connectivity index (χ1v) is 7.10. The molecule has 0 unspecified atom stereocenters. The Bertz CT molecular complexity index is 639. The molecule has 2 fully saturated rings. The number of aromatic amines is 1. The molecular weight excluding hydrogens is 308 g/mol. The molecule has 0 amide bonds. The maximum Gasteiger partial charge on any atom is 0.359 e. The Morgan fingerprint density at radius 1 is 1.22 bits per heavy atom. The van der Waals surface area contributed by atoms with Gasteiger partial charge >= 0.3 is 11.9 Å². The molecule has 126 valence electrons. The Balaban J connectivity index is 1.98. The van der Waals surface area contributed by atoms with Gasteiger partial charge in [0.2, 0.25) is 0 Å². The Kier molecular flexibility index (Phi) is 3.86. The monoisotopic (exact) mass is 326 g/mol. The first kappa shape index (κ1) is 15.9. The van der Waals surface area contributed by atoms with Crippen LogP contribution in [-0.2, 0) is 23.7 Å². The number of carbonyl (C=O) groups is 2. The highest BCUT2D eigenvalue weighted by Crippen LogP contribution is 2.42. The maximum atomic E-state index is 12.1. The van der Waals surface area contributed by atoms with Crippen molar-refractivity contribution in [1.29, 1.82) is 0 Å². The number of hydrogen-bond acceptors (Lipinski definition) is 8. The molecule has 1 aromatic rings. The van der Waals surface area contributed by atoms with Crippen molar-refractivity contribution in [3.8, 4) is 0 Å². The first-order valence-electron chi connectivity index (χ1n) is 7.10. The number of hydrogen-bond donors (Lipinski definition) is 1. The van der Waals surface area contributed by atoms with Gasteiger partial charge in [0.15, 0.2) is 11.5 Å². The number of esters is 2. The van der Waals surface area contributed by atoms with Crippen LogP contribution in [0.5, 0.6) is 0 Å². The molecule has 9 nitrogen and oxygen atoms in total. The lowest BCUT2D eigenvalue weighted by Crippen LogP contribution is -2.26. The summed E-state index contributed by atoms with van der Waals surface area (Å²) in [5.41, 5.74) is 0.143. The third-order valence-electron chi connectivity index (χ3n) is 3.81. The van der Waals surface area contributed by atoms with Crippen LogP contribution < -0.4 is 0 Å². The van der Waals surface area contributed by atoms with Crippen molar-refractivity contribution in [2.75, 3.05) is 20.8 Å². The number of fused-ring (bicyclic) bond motifs is 1. The molecule has 2 saturated heterocycles. The lowest BCUT2D eigenvalue weighted by atomic mass is 10.0. The van der Waals surface area contributed by atoms with Gasteiger partial charge in [0.25, 0.3) is 0 Å². The number of methoxy groups -OCH3 is 2. The van der Waals surface area contributed by atoms with Gasteiger partial charge in [0.05, 0.1) is 26.5 Å². The van der Waals surface area contributed by atoms with Crippen LogP contribution in [0.2, 0.25) is 0 Å². The van der Waals surface area contributed by atoms with Gasteiger partial charge in [0.1, 0.15) is 23.9 Å². The lowest BCUT2D eigenvalue weighted by molar-refractivity contribution is -0.176. The van der Waals surface area contributed by atoms with Gasteiger partial charge in [-0.05, 0) is 13.8 Å². The van der Waals surface area contributed by atoms with Gasteiger partial charge in [-0.3, -0.25) is 5.10 Å². The third-order valence-corrected chi connectivity index (χ3v) is 3.81. The zero-order chi connectivity index (χ0) is 16.8. The molecule has 0 spiro atoms. The van der Waals surface area contributed by atoms with Crippen LogP contribution in [0.1, 0.15) is 46.5 Å². The lowest BCUT2D eigenvalue weighted by Gasteiger charge is -2.21. The second kappa shape index (κ2) is 5.59. The van der Waals surface area contributed by atoms with Gasteiger partial charge in [-0.1, -0.05) is 0 Å². The minimum atomic E-state index is -0.744. The molecular formula is C14H18N2O7. The van der Waals surface area contributed by atoms with Crippen molar-refractivity contribution < 1.29 is 33.3 Å². The number of ether oxygens (including phenoxy) is 5. The molecule has 3 heterocycles. The summed E-state index contributed by atoms with van der Waals surface area (Å²) in [6.45, 7) is 3.92. The van der Waals surface area contributed by atoms with E-state index < -0.39 is 29.9 Å². The van der Waals surface area contributed by atoms with Gasteiger partial charge in [-0.2, -0.15) is 5.10 Å². The topological polar surface area (TPSA) is 109 Å². The number of nitrogens with zero attached hydrogens (tertiary/aromatic N) is 1. The molecule has 0 aliphatic carbocycles. The summed E-state index contributed by atoms with van der Waals surface area (Å²) >= 11 is 0. The fourth-order valence-corrected chi connectivity index (χ4v) is 2.90. The minimum absolute atomic E-state index is 0.0155. The van der Waals surface area contributed by atoms with Crippen LogP contribution in [0.25, 0.3) is 0 Å². The summed E-state index contributed by atoms with van der Waals surface area (Å²) in [5.74, 6) is -2.20. The average molecular weight is 326 g/mol. The van der Waals surface area contributed by atoms with Crippen molar-refractivity contribution in [1.82, 2.24) is 10.2 Å². The third kappa shape index (κ3) is 2.60. The highest BCUT2D eigenvalue weighted by atomic mass is 16.8. The molecule has 0 radical (unpaired) electrons. The van der Waals surface area contributed by atoms with Crippen LogP contribution in [-0.4, -0.2) is 61.0 Å². The largest absolute Gasteiger partial charge is 0.465 e. The maximum absolute atomic E-state index is 12.1. The minimum Gasteiger partial charge on any atom is -0.465 e. The fourth-order valence-electron chi connectivity index (χ4n) is 2.90. The smallest absolute Gasteiger partial charge is 0.359 e. The van der Waals surface area contributed by atoms with Crippen LogP contribution in [0.4, 0.5) is 0 Å². The Morgan fingerprint density at radius 3 is 2.57 bits per heavy atom. The molecule has 1 N–H and O–H groups in total. The highest BCUT2D eigenvalue weighted by Gasteiger charge is 2.52. The molecule has 0 saturated carbocycles. The summed E-state index contributed by atoms with van der Waals surface area (Å²) in [6, 6.07) is 0. The summed E-state index contributed by atoms with van der Waals surface area (Å²) in [7, 11) is 2.42. The van der Waals surface area contributed by atoms with E-state index in [0.29, 0.717) is 12.3 Å². The molecule has 3 atom stereocenters. The quantitative estimate of drug-likeness (QED) is 0.803. The number of rotatable bonds is 3. The Morgan fingerprint density at radius 2 is 1.91 bits per heavy atom. The highest BCUT2D eigenvalue weighted by molar-refractivity contribution is 6.02. The summed E-state index contributed by atoms with van der Waals surface area (Å²) < 4.78 is 26.6. The van der Waals surface area contributed by atoms with Crippen LogP contribution >= 0.6 is 0 Å². The van der Waals surface area contributed by atoms with Crippen molar-refractivity contribution in [2.45, 2.75) is 37.9 Å². The van der Waals surface area contributed by atoms with E-state index in [1.807, 2.05) is 0 Å². The van der Waals surface area contributed by atoms with E-state index in [-0.39, 0.29) is 17.4 Å². The summed E-state index contributed by atoms with van der Waals surface area (Å²) in [6.07, 6.45) is -1.30. The standard InChI is InChI=1S/C14H18N2O7/c1-14(2)22-6-5-21-11(10(6)23-14)8-7(12(17)19-3)9(16-15-8)13(18)20-4/h6,10-11H,5H2,1-4H3,(H,15,16)/t6-,10-,11+/m1/s1. The van der Waals surface area contributed by atoms with E-state index in [1.165, 1.54) is 14.2 Å². The van der Waals surface area contributed by atoms with E-state index in [0.717, 1.165) is 0 Å².